The van der Waals surface area contributed by atoms with Crippen LogP contribution in [0.15, 0.2) is 83.4 Å². The van der Waals surface area contributed by atoms with Gasteiger partial charge in [0.2, 0.25) is 0 Å². The van der Waals surface area contributed by atoms with Crippen LogP contribution in [0, 0.1) is 5.92 Å². The zero-order chi connectivity index (χ0) is 27.8. The van der Waals surface area contributed by atoms with Gasteiger partial charge in [-0.3, -0.25) is 4.98 Å². The van der Waals surface area contributed by atoms with E-state index < -0.39 is 5.97 Å². The number of hydrogen-bond donors (Lipinski definition) is 2. The highest BCUT2D eigenvalue weighted by atomic mass is 35.5. The Bertz CT molecular complexity index is 1550. The van der Waals surface area contributed by atoms with Gasteiger partial charge in [0.05, 0.1) is 28.0 Å². The van der Waals surface area contributed by atoms with Crippen molar-refractivity contribution in [2.24, 2.45) is 5.92 Å². The number of carboxylic acids is 1. The van der Waals surface area contributed by atoms with Crippen molar-refractivity contribution < 1.29 is 14.3 Å². The summed E-state index contributed by atoms with van der Waals surface area (Å²) in [6.07, 6.45) is 4.07. The fourth-order valence-corrected chi connectivity index (χ4v) is 6.19. The smallest absolute Gasteiger partial charge is 0.335 e. The summed E-state index contributed by atoms with van der Waals surface area (Å²) in [5.74, 6) is 0.989. The number of benzene rings is 2. The minimum atomic E-state index is -0.986. The van der Waals surface area contributed by atoms with Gasteiger partial charge in [0.25, 0.3) is 0 Å². The predicted molar refractivity (Wildman–Crippen MR) is 161 cm³/mol. The summed E-state index contributed by atoms with van der Waals surface area (Å²) < 4.78 is 6.40. The molecule has 2 saturated heterocycles. The molecule has 2 fully saturated rings. The molecule has 4 aromatic rings. The summed E-state index contributed by atoms with van der Waals surface area (Å²) in [6, 6.07) is 21.7. The fraction of sp³-hybridized carbons (Fsp3) is 0.258. The first kappa shape index (κ1) is 26.3. The Labute approximate surface area is 243 Å². The molecular weight excluding hydrogens is 544 g/mol. The third-order valence-corrected chi connectivity index (χ3v) is 8.36. The van der Waals surface area contributed by atoms with Crippen LogP contribution in [0.3, 0.4) is 0 Å². The number of hydrogen-bond acceptors (Lipinski definition) is 5. The van der Waals surface area contributed by atoms with Gasteiger partial charge in [-0.2, -0.15) is 0 Å². The van der Waals surface area contributed by atoms with Gasteiger partial charge in [0.1, 0.15) is 17.6 Å². The summed E-state index contributed by atoms with van der Waals surface area (Å²) in [5, 5.41) is 14.1. The van der Waals surface area contributed by atoms with Crippen molar-refractivity contribution in [2.75, 3.05) is 22.9 Å². The van der Waals surface area contributed by atoms with Gasteiger partial charge in [-0.25, -0.2) is 4.79 Å². The zero-order valence-corrected chi connectivity index (χ0v) is 23.5. The highest BCUT2D eigenvalue weighted by Gasteiger charge is 2.43. The molecule has 40 heavy (non-hydrogen) atoms. The Kier molecular flexibility index (Phi) is 7.21. The van der Waals surface area contributed by atoms with Crippen LogP contribution in [0.4, 0.5) is 11.4 Å². The molecule has 4 heterocycles. The Morgan fingerprint density at radius 2 is 1.90 bits per heavy atom. The number of piperidine rings is 1. The maximum atomic E-state index is 11.5. The summed E-state index contributed by atoms with van der Waals surface area (Å²) in [6.45, 7) is 4.28. The zero-order valence-electron chi connectivity index (χ0n) is 22.0. The highest BCUT2D eigenvalue weighted by molar-refractivity contribution is 7.80. The van der Waals surface area contributed by atoms with Crippen molar-refractivity contribution in [1.82, 2.24) is 10.3 Å². The quantitative estimate of drug-likeness (QED) is 0.237. The third kappa shape index (κ3) is 5.05. The van der Waals surface area contributed by atoms with Crippen LogP contribution in [-0.2, 0) is 0 Å². The van der Waals surface area contributed by atoms with Crippen molar-refractivity contribution in [3.63, 3.8) is 0 Å². The summed E-state index contributed by atoms with van der Waals surface area (Å²) >= 11 is 12.7. The van der Waals surface area contributed by atoms with Gasteiger partial charge >= 0.3 is 5.97 Å². The molecule has 2 aliphatic rings. The average Bonchev–Trinajstić information content (AvgIpc) is 3.59. The molecular formula is C31H29ClN4O3S. The van der Waals surface area contributed by atoms with E-state index in [0.717, 1.165) is 48.9 Å². The summed E-state index contributed by atoms with van der Waals surface area (Å²) in [4.78, 5) is 20.5. The van der Waals surface area contributed by atoms with E-state index in [0.29, 0.717) is 27.2 Å². The van der Waals surface area contributed by atoms with Crippen molar-refractivity contribution in [1.29, 1.82) is 0 Å². The van der Waals surface area contributed by atoms with E-state index in [1.54, 1.807) is 24.4 Å². The molecule has 2 aromatic carbocycles. The van der Waals surface area contributed by atoms with Gasteiger partial charge in [0, 0.05) is 30.5 Å². The van der Waals surface area contributed by atoms with Crippen LogP contribution >= 0.6 is 23.8 Å². The monoisotopic (exact) mass is 572 g/mol. The molecule has 2 aromatic heterocycles. The van der Waals surface area contributed by atoms with Crippen molar-refractivity contribution >= 4 is 46.3 Å². The van der Waals surface area contributed by atoms with E-state index in [1.807, 2.05) is 47.4 Å². The third-order valence-electron chi connectivity index (χ3n) is 7.74. The SMILES string of the molecule is CC1CCN(c2ccc(N3C(=S)N[C@H](c4ccccn4)[C@@H]3c3ccc(-c4cccc(C(=O)O)c4)o3)cc2Cl)CC1. The number of aromatic nitrogens is 1. The number of carbonyl (C=O) groups is 1. The Hall–Kier alpha value is -3.88. The molecule has 0 spiro atoms. The first-order chi connectivity index (χ1) is 19.4. The number of furan rings is 1. The maximum absolute atomic E-state index is 11.5. The van der Waals surface area contributed by atoms with Gasteiger partial charge in [-0.1, -0.05) is 36.7 Å². The number of aromatic carboxylic acids is 1. The lowest BCUT2D eigenvalue weighted by Crippen LogP contribution is -2.33. The van der Waals surface area contributed by atoms with Crippen molar-refractivity contribution in [3.05, 3.63) is 101 Å². The van der Waals surface area contributed by atoms with Crippen LogP contribution < -0.4 is 15.1 Å². The minimum Gasteiger partial charge on any atom is -0.478 e. The fourth-order valence-electron chi connectivity index (χ4n) is 5.55. The second-order valence-corrected chi connectivity index (χ2v) is 11.2. The standard InChI is InChI=1S/C31H29ClN4O3S/c1-19-12-15-35(16-13-19)25-9-8-22(18-23(25)32)36-29(28(34-31(36)40)24-7-2-3-14-33-24)27-11-10-26(39-27)20-5-4-6-21(17-20)30(37)38/h2-11,14,17-19,28-29H,12-13,15-16H2,1H3,(H,34,40)(H,37,38)/t28-,29+/m1/s1. The molecule has 0 saturated carbocycles. The normalized spacial score (nSPS) is 19.6. The lowest BCUT2D eigenvalue weighted by Gasteiger charge is -2.33. The molecule has 2 atom stereocenters. The molecule has 0 amide bonds. The highest BCUT2D eigenvalue weighted by Crippen LogP contribution is 2.44. The number of nitrogens with one attached hydrogen (secondary N) is 1. The van der Waals surface area contributed by atoms with Crippen LogP contribution in [0.1, 0.15) is 53.7 Å². The van der Waals surface area contributed by atoms with Crippen molar-refractivity contribution in [3.8, 4) is 11.3 Å². The Morgan fingerprint density at radius 3 is 2.62 bits per heavy atom. The van der Waals surface area contributed by atoms with E-state index in [-0.39, 0.29) is 17.6 Å². The lowest BCUT2D eigenvalue weighted by molar-refractivity contribution is 0.0697. The number of nitrogens with zero attached hydrogens (tertiary/aromatic N) is 3. The van der Waals surface area contributed by atoms with Gasteiger partial charge in [-0.05, 0) is 85.6 Å². The van der Waals surface area contributed by atoms with Gasteiger partial charge < -0.3 is 24.6 Å². The molecule has 0 unspecified atom stereocenters. The molecule has 2 aliphatic heterocycles. The molecule has 2 N–H and O–H groups in total. The molecule has 204 valence electrons. The predicted octanol–water partition coefficient (Wildman–Crippen LogP) is 7.11. The van der Waals surface area contributed by atoms with E-state index in [2.05, 4.69) is 34.3 Å². The molecule has 6 rings (SSSR count). The number of rotatable bonds is 6. The second-order valence-electron chi connectivity index (χ2n) is 10.4. The summed E-state index contributed by atoms with van der Waals surface area (Å²) in [5.41, 5.74) is 3.60. The van der Waals surface area contributed by atoms with E-state index >= 15 is 0 Å². The molecule has 7 nitrogen and oxygen atoms in total. The average molecular weight is 573 g/mol. The molecule has 0 radical (unpaired) electrons. The Morgan fingerprint density at radius 1 is 1.07 bits per heavy atom. The van der Waals surface area contributed by atoms with Crippen molar-refractivity contribution in [2.45, 2.75) is 31.8 Å². The van der Waals surface area contributed by atoms with Gasteiger partial charge in [-0.15, -0.1) is 0 Å². The summed E-state index contributed by atoms with van der Waals surface area (Å²) in [7, 11) is 0. The number of anilines is 2. The number of thiocarbonyl (C=S) groups is 1. The van der Waals surface area contributed by atoms with Gasteiger partial charge in [0.15, 0.2) is 5.11 Å². The number of pyridine rings is 1. The van der Waals surface area contributed by atoms with E-state index in [1.165, 1.54) is 0 Å². The van der Waals surface area contributed by atoms with Crippen LogP contribution in [0.2, 0.25) is 5.02 Å². The van der Waals surface area contributed by atoms with Crippen LogP contribution in [-0.4, -0.2) is 34.3 Å². The topological polar surface area (TPSA) is 81.8 Å². The van der Waals surface area contributed by atoms with Crippen LogP contribution in [0.25, 0.3) is 11.3 Å². The molecule has 0 bridgehead atoms. The molecule has 0 aliphatic carbocycles. The largest absolute Gasteiger partial charge is 0.478 e. The van der Waals surface area contributed by atoms with Crippen LogP contribution in [0.5, 0.6) is 0 Å². The first-order valence-electron chi connectivity index (χ1n) is 13.4. The number of carboxylic acid groups (broad SMARTS) is 1. The molecule has 9 heteroatoms. The maximum Gasteiger partial charge on any atom is 0.335 e. The van der Waals surface area contributed by atoms with E-state index in [4.69, 9.17) is 28.2 Å². The number of halogens is 1. The second kappa shape index (κ2) is 10.9. The lowest BCUT2D eigenvalue weighted by atomic mass is 9.98. The minimum absolute atomic E-state index is 0.199. The van der Waals surface area contributed by atoms with E-state index in [9.17, 15) is 9.90 Å². The first-order valence-corrected chi connectivity index (χ1v) is 14.2. The Balaban J connectivity index is 1.38.